The number of cyclic esters (lactones) is 2. The van der Waals surface area contributed by atoms with Gasteiger partial charge in [0, 0.05) is 5.92 Å². The molecule has 0 amide bonds. The maximum atomic E-state index is 12.5. The molecule has 4 nitrogen and oxygen atoms in total. The van der Waals surface area contributed by atoms with Gasteiger partial charge in [-0.25, -0.2) is 4.79 Å². The van der Waals surface area contributed by atoms with Gasteiger partial charge in [-0.05, 0) is 0 Å². The van der Waals surface area contributed by atoms with E-state index in [9.17, 15) is 31.1 Å². The van der Waals surface area contributed by atoms with Crippen LogP contribution in [0.2, 0.25) is 0 Å². The van der Waals surface area contributed by atoms with Gasteiger partial charge in [-0.1, -0.05) is 5.92 Å². The van der Waals surface area contributed by atoms with Gasteiger partial charge in [-0.15, -0.1) is 0 Å². The average Bonchev–Trinajstić information content (AvgIpc) is 2.54. The largest absolute Gasteiger partial charge is 0.511 e. The second kappa shape index (κ2) is 4.56. The number of hydrogen-bond acceptors (Lipinski definition) is 4. The quantitative estimate of drug-likeness (QED) is 0.440. The van der Waals surface area contributed by atoms with Crippen LogP contribution in [0.1, 0.15) is 0 Å². The van der Waals surface area contributed by atoms with E-state index in [-0.39, 0.29) is 0 Å². The normalized spacial score (nSPS) is 24.0. The Kier molecular flexibility index (Phi) is 3.66. The van der Waals surface area contributed by atoms with Crippen molar-refractivity contribution in [3.05, 3.63) is 0 Å². The molecule has 1 fully saturated rings. The zero-order valence-electron chi connectivity index (χ0n) is 8.31. The molecule has 1 aliphatic rings. The second-order valence-electron chi connectivity index (χ2n) is 2.98. The molecule has 1 saturated heterocycles. The minimum atomic E-state index is -5.15. The molecule has 0 spiro atoms. The van der Waals surface area contributed by atoms with Crippen molar-refractivity contribution in [3.63, 3.8) is 0 Å². The van der Waals surface area contributed by atoms with Crippen molar-refractivity contribution in [1.82, 2.24) is 0 Å². The molecule has 1 aliphatic heterocycles. The maximum Gasteiger partial charge on any atom is 0.511 e. The van der Waals surface area contributed by atoms with Crippen LogP contribution in [0.4, 0.5) is 31.1 Å². The van der Waals surface area contributed by atoms with Crippen LogP contribution in [-0.4, -0.2) is 37.5 Å². The number of rotatable bonds is 2. The molecular formula is C8H4F6O4. The molecule has 1 unspecified atom stereocenters. The van der Waals surface area contributed by atoms with Gasteiger partial charge in [-0.2, -0.15) is 26.3 Å². The Morgan fingerprint density at radius 1 is 1.28 bits per heavy atom. The van der Waals surface area contributed by atoms with Crippen LogP contribution in [0.25, 0.3) is 0 Å². The van der Waals surface area contributed by atoms with Crippen molar-refractivity contribution >= 4 is 6.16 Å². The van der Waals surface area contributed by atoms with E-state index in [4.69, 9.17) is 0 Å². The van der Waals surface area contributed by atoms with Crippen molar-refractivity contribution in [2.75, 3.05) is 13.2 Å². The summed E-state index contributed by atoms with van der Waals surface area (Å²) >= 11 is 0. The maximum absolute atomic E-state index is 12.5. The Morgan fingerprint density at radius 2 is 1.89 bits per heavy atom. The van der Waals surface area contributed by atoms with Crippen molar-refractivity contribution in [3.8, 4) is 11.8 Å². The molecule has 0 saturated carbocycles. The Bertz CT molecular complexity index is 389. The first-order chi connectivity index (χ1) is 8.06. The predicted octanol–water partition coefficient (Wildman–Crippen LogP) is 1.99. The van der Waals surface area contributed by atoms with Gasteiger partial charge in [0.1, 0.15) is 6.61 Å². The standard InChI is InChI=1S/C8H4F6O4/c9-7(10,11)2-1-3-17-6(8(12,13)14)4-16-5(15)18-6/h3-4H2. The third kappa shape index (κ3) is 3.43. The molecule has 0 aromatic heterocycles. The van der Waals surface area contributed by atoms with E-state index >= 15 is 0 Å². The zero-order valence-corrected chi connectivity index (χ0v) is 8.31. The summed E-state index contributed by atoms with van der Waals surface area (Å²) in [4.78, 5) is 10.5. The zero-order chi connectivity index (χ0) is 14.0. The summed E-state index contributed by atoms with van der Waals surface area (Å²) in [6.45, 7) is -2.53. The highest BCUT2D eigenvalue weighted by Gasteiger charge is 2.64. The number of ether oxygens (including phenoxy) is 3. The lowest BCUT2D eigenvalue weighted by molar-refractivity contribution is -0.346. The van der Waals surface area contributed by atoms with Gasteiger partial charge in [0.15, 0.2) is 6.61 Å². The van der Waals surface area contributed by atoms with E-state index in [2.05, 4.69) is 14.2 Å². The predicted molar refractivity (Wildman–Crippen MR) is 41.0 cm³/mol. The van der Waals surface area contributed by atoms with Gasteiger partial charge < -0.3 is 14.2 Å². The van der Waals surface area contributed by atoms with E-state index in [0.29, 0.717) is 5.92 Å². The smallest absolute Gasteiger partial charge is 0.427 e. The van der Waals surface area contributed by atoms with Crippen LogP contribution in [-0.2, 0) is 14.2 Å². The molecule has 0 aromatic carbocycles. The van der Waals surface area contributed by atoms with Crippen LogP contribution < -0.4 is 0 Å². The third-order valence-electron chi connectivity index (χ3n) is 1.67. The van der Waals surface area contributed by atoms with Gasteiger partial charge in [0.25, 0.3) is 0 Å². The molecule has 1 heterocycles. The molecule has 0 aliphatic carbocycles. The molecule has 0 bridgehead atoms. The molecule has 18 heavy (non-hydrogen) atoms. The van der Waals surface area contributed by atoms with E-state index in [1.54, 1.807) is 0 Å². The summed E-state index contributed by atoms with van der Waals surface area (Å²) < 4.78 is 84.0. The highest BCUT2D eigenvalue weighted by molar-refractivity contribution is 5.62. The monoisotopic (exact) mass is 278 g/mol. The van der Waals surface area contributed by atoms with Gasteiger partial charge in [0.2, 0.25) is 0 Å². The van der Waals surface area contributed by atoms with Gasteiger partial charge in [0.05, 0.1) is 0 Å². The van der Waals surface area contributed by atoms with E-state index in [1.807, 2.05) is 0 Å². The number of halogens is 6. The summed E-state index contributed by atoms with van der Waals surface area (Å²) in [7, 11) is 0. The SMILES string of the molecule is O=C1OCC(OCC#CC(F)(F)F)(C(F)(F)F)O1. The van der Waals surface area contributed by atoms with E-state index in [1.165, 1.54) is 5.92 Å². The summed E-state index contributed by atoms with van der Waals surface area (Å²) in [5, 5.41) is 0. The van der Waals surface area contributed by atoms with E-state index in [0.717, 1.165) is 0 Å². The molecule has 10 heteroatoms. The lowest BCUT2D eigenvalue weighted by Gasteiger charge is -2.26. The molecule has 0 aromatic rings. The molecule has 0 N–H and O–H groups in total. The molecular weight excluding hydrogens is 274 g/mol. The lowest BCUT2D eigenvalue weighted by atomic mass is 10.3. The fourth-order valence-electron chi connectivity index (χ4n) is 0.929. The number of hydrogen-bond donors (Lipinski definition) is 0. The highest BCUT2D eigenvalue weighted by Crippen LogP contribution is 2.38. The average molecular weight is 278 g/mol. The van der Waals surface area contributed by atoms with Crippen molar-refractivity contribution < 1.29 is 45.3 Å². The molecule has 102 valence electrons. The molecule has 0 radical (unpaired) electrons. The fourth-order valence-corrected chi connectivity index (χ4v) is 0.929. The number of alkyl halides is 6. The number of carbonyl (C=O) groups is 1. The third-order valence-corrected chi connectivity index (χ3v) is 1.67. The van der Waals surface area contributed by atoms with Gasteiger partial charge in [-0.3, -0.25) is 0 Å². The van der Waals surface area contributed by atoms with Crippen LogP contribution in [0.15, 0.2) is 0 Å². The van der Waals surface area contributed by atoms with Crippen molar-refractivity contribution in [2.45, 2.75) is 18.1 Å². The highest BCUT2D eigenvalue weighted by atomic mass is 19.4. The molecule has 1 atom stereocenters. The lowest BCUT2D eigenvalue weighted by Crippen LogP contribution is -2.50. The second-order valence-corrected chi connectivity index (χ2v) is 2.98. The van der Waals surface area contributed by atoms with Crippen LogP contribution in [0.3, 0.4) is 0 Å². The summed E-state index contributed by atoms with van der Waals surface area (Å²) in [5.74, 6) is -1.39. The first kappa shape index (κ1) is 14.4. The van der Waals surface area contributed by atoms with Crippen molar-refractivity contribution in [1.29, 1.82) is 0 Å². The summed E-state index contributed by atoms with van der Waals surface area (Å²) in [6.07, 6.45) is -11.6. The minimum Gasteiger partial charge on any atom is -0.427 e. The summed E-state index contributed by atoms with van der Waals surface area (Å²) in [6, 6.07) is 0. The fraction of sp³-hybridized carbons (Fsp3) is 0.625. The van der Waals surface area contributed by atoms with E-state index < -0.39 is 37.5 Å². The first-order valence-corrected chi connectivity index (χ1v) is 4.19. The Hall–Kier alpha value is -1.63. The summed E-state index contributed by atoms with van der Waals surface area (Å²) in [5.41, 5.74) is 0. The van der Waals surface area contributed by atoms with Crippen LogP contribution >= 0.6 is 0 Å². The van der Waals surface area contributed by atoms with Gasteiger partial charge >= 0.3 is 24.3 Å². The Labute approximate surface area is 95.8 Å². The Balaban J connectivity index is 2.70. The van der Waals surface area contributed by atoms with Crippen molar-refractivity contribution in [2.24, 2.45) is 0 Å². The Morgan fingerprint density at radius 3 is 2.28 bits per heavy atom. The number of carbonyl (C=O) groups excluding carboxylic acids is 1. The van der Waals surface area contributed by atoms with Crippen LogP contribution in [0.5, 0.6) is 0 Å². The van der Waals surface area contributed by atoms with Crippen LogP contribution in [0, 0.1) is 11.8 Å². The topological polar surface area (TPSA) is 44.8 Å². The minimum absolute atomic E-state index is 0.702. The first-order valence-electron chi connectivity index (χ1n) is 4.19. The molecule has 1 rings (SSSR count).